The van der Waals surface area contributed by atoms with E-state index in [1.807, 2.05) is 25.1 Å². The Labute approximate surface area is 152 Å². The van der Waals surface area contributed by atoms with Crippen LogP contribution in [0.15, 0.2) is 18.2 Å². The first kappa shape index (κ1) is 19.8. The molecule has 1 aliphatic rings. The highest BCUT2D eigenvalue weighted by Gasteiger charge is 2.19. The number of rotatable bonds is 8. The van der Waals surface area contributed by atoms with E-state index in [1.54, 1.807) is 0 Å². The third-order valence-electron chi connectivity index (χ3n) is 5.25. The molecule has 1 N–H and O–H groups in total. The van der Waals surface area contributed by atoms with Crippen LogP contribution in [0.1, 0.15) is 50.7 Å². The molecule has 0 spiro atoms. The van der Waals surface area contributed by atoms with Crippen molar-refractivity contribution in [2.45, 2.75) is 59.5 Å². The summed E-state index contributed by atoms with van der Waals surface area (Å²) >= 11 is 0. The Hall–Kier alpha value is -1.55. The Bertz CT molecular complexity index is 551. The van der Waals surface area contributed by atoms with Gasteiger partial charge in [-0.15, -0.1) is 0 Å². The summed E-state index contributed by atoms with van der Waals surface area (Å²) in [7, 11) is 0. The summed E-state index contributed by atoms with van der Waals surface area (Å²) in [6, 6.07) is 5.98. The molecule has 1 atom stereocenters. The fourth-order valence-corrected chi connectivity index (χ4v) is 3.19. The highest BCUT2D eigenvalue weighted by atomic mass is 16.5. The molecule has 0 aliphatic carbocycles. The van der Waals surface area contributed by atoms with Crippen LogP contribution in [0.3, 0.4) is 0 Å². The highest BCUT2D eigenvalue weighted by Crippen LogP contribution is 2.19. The molecule has 1 fully saturated rings. The van der Waals surface area contributed by atoms with Crippen LogP contribution in [0.25, 0.3) is 0 Å². The van der Waals surface area contributed by atoms with Gasteiger partial charge in [-0.2, -0.15) is 0 Å². The van der Waals surface area contributed by atoms with E-state index in [0.29, 0.717) is 6.42 Å². The SMILES string of the molecule is CC[C@@H](Oc1ccc(C)c(C)c1)C(=O)NCCCN1CCC(C)CC1. The third kappa shape index (κ3) is 6.35. The van der Waals surface area contributed by atoms with E-state index >= 15 is 0 Å². The van der Waals surface area contributed by atoms with Gasteiger partial charge >= 0.3 is 0 Å². The van der Waals surface area contributed by atoms with E-state index in [-0.39, 0.29) is 5.91 Å². The second-order valence-electron chi connectivity index (χ2n) is 7.43. The first-order valence-electron chi connectivity index (χ1n) is 9.73. The molecule has 1 aliphatic heterocycles. The van der Waals surface area contributed by atoms with Crippen LogP contribution >= 0.6 is 0 Å². The lowest BCUT2D eigenvalue weighted by Gasteiger charge is -2.30. The first-order chi connectivity index (χ1) is 12.0. The predicted molar refractivity (Wildman–Crippen MR) is 103 cm³/mol. The number of nitrogens with zero attached hydrogens (tertiary/aromatic N) is 1. The van der Waals surface area contributed by atoms with Crippen LogP contribution in [0.2, 0.25) is 0 Å². The smallest absolute Gasteiger partial charge is 0.261 e. The average molecular weight is 347 g/mol. The topological polar surface area (TPSA) is 41.6 Å². The van der Waals surface area contributed by atoms with Crippen molar-refractivity contribution in [3.8, 4) is 5.75 Å². The van der Waals surface area contributed by atoms with Gasteiger partial charge in [-0.1, -0.05) is 19.9 Å². The van der Waals surface area contributed by atoms with Crippen molar-refractivity contribution in [1.29, 1.82) is 0 Å². The number of likely N-dealkylation sites (tertiary alicyclic amines) is 1. The Morgan fingerprint density at radius 2 is 2.00 bits per heavy atom. The van der Waals surface area contributed by atoms with Crippen molar-refractivity contribution >= 4 is 5.91 Å². The molecule has 1 aromatic carbocycles. The monoisotopic (exact) mass is 346 g/mol. The van der Waals surface area contributed by atoms with Crippen molar-refractivity contribution in [2.75, 3.05) is 26.2 Å². The summed E-state index contributed by atoms with van der Waals surface area (Å²) in [5.74, 6) is 1.63. The lowest BCUT2D eigenvalue weighted by molar-refractivity contribution is -0.128. The fourth-order valence-electron chi connectivity index (χ4n) is 3.19. The number of ether oxygens (including phenoxy) is 1. The minimum atomic E-state index is -0.419. The first-order valence-corrected chi connectivity index (χ1v) is 9.73. The average Bonchev–Trinajstić information content (AvgIpc) is 2.61. The van der Waals surface area contributed by atoms with Crippen LogP contribution in [0, 0.1) is 19.8 Å². The standard InChI is InChI=1S/C21H34N2O2/c1-5-20(25-19-8-7-17(3)18(4)15-19)21(24)22-11-6-12-23-13-9-16(2)10-14-23/h7-8,15-16,20H,5-6,9-14H2,1-4H3,(H,22,24)/t20-/m1/s1. The molecular formula is C21H34N2O2. The van der Waals surface area contributed by atoms with Crippen molar-refractivity contribution in [2.24, 2.45) is 5.92 Å². The summed E-state index contributed by atoms with van der Waals surface area (Å²) in [6.07, 6.45) is 3.85. The summed E-state index contributed by atoms with van der Waals surface area (Å²) in [5, 5.41) is 3.04. The summed E-state index contributed by atoms with van der Waals surface area (Å²) in [4.78, 5) is 14.9. The Morgan fingerprint density at radius 1 is 1.28 bits per heavy atom. The second kappa shape index (κ2) is 9.81. The zero-order valence-corrected chi connectivity index (χ0v) is 16.3. The second-order valence-corrected chi connectivity index (χ2v) is 7.43. The maximum absolute atomic E-state index is 12.4. The van der Waals surface area contributed by atoms with Gasteiger partial charge in [0.05, 0.1) is 0 Å². The minimum Gasteiger partial charge on any atom is -0.481 e. The van der Waals surface area contributed by atoms with Gasteiger partial charge in [-0.3, -0.25) is 4.79 Å². The zero-order valence-electron chi connectivity index (χ0n) is 16.3. The van der Waals surface area contributed by atoms with Gasteiger partial charge in [0.2, 0.25) is 0 Å². The number of amides is 1. The number of piperidine rings is 1. The molecule has 4 nitrogen and oxygen atoms in total. The molecular weight excluding hydrogens is 312 g/mol. The molecule has 2 rings (SSSR count). The van der Waals surface area contributed by atoms with E-state index < -0.39 is 6.10 Å². The number of hydrogen-bond donors (Lipinski definition) is 1. The van der Waals surface area contributed by atoms with Gasteiger partial charge in [0.15, 0.2) is 6.10 Å². The quantitative estimate of drug-likeness (QED) is 0.730. The molecule has 4 heteroatoms. The minimum absolute atomic E-state index is 0.00649. The number of aryl methyl sites for hydroxylation is 2. The van der Waals surface area contributed by atoms with Crippen molar-refractivity contribution in [3.05, 3.63) is 29.3 Å². The fraction of sp³-hybridized carbons (Fsp3) is 0.667. The summed E-state index contributed by atoms with van der Waals surface area (Å²) in [6.45, 7) is 12.6. The molecule has 0 bridgehead atoms. The molecule has 1 heterocycles. The van der Waals surface area contributed by atoms with Crippen molar-refractivity contribution < 1.29 is 9.53 Å². The maximum atomic E-state index is 12.4. The van der Waals surface area contributed by atoms with Crippen LogP contribution in [-0.4, -0.2) is 43.1 Å². The van der Waals surface area contributed by atoms with Gasteiger partial charge in [0, 0.05) is 6.54 Å². The van der Waals surface area contributed by atoms with Crippen LogP contribution < -0.4 is 10.1 Å². The normalized spacial score (nSPS) is 17.3. The molecule has 0 unspecified atom stereocenters. The Morgan fingerprint density at radius 3 is 2.64 bits per heavy atom. The third-order valence-corrected chi connectivity index (χ3v) is 5.25. The molecule has 0 saturated carbocycles. The number of carbonyl (C=O) groups excluding carboxylic acids is 1. The van der Waals surface area contributed by atoms with Crippen LogP contribution in [0.5, 0.6) is 5.75 Å². The van der Waals surface area contributed by atoms with Gasteiger partial charge in [0.1, 0.15) is 5.75 Å². The van der Waals surface area contributed by atoms with E-state index in [9.17, 15) is 4.79 Å². The van der Waals surface area contributed by atoms with E-state index in [2.05, 4.69) is 31.0 Å². The molecule has 1 saturated heterocycles. The van der Waals surface area contributed by atoms with Gasteiger partial charge in [-0.05, 0) is 88.3 Å². The van der Waals surface area contributed by atoms with Crippen LogP contribution in [-0.2, 0) is 4.79 Å². The molecule has 0 aromatic heterocycles. The Kier molecular flexibility index (Phi) is 7.76. The summed E-state index contributed by atoms with van der Waals surface area (Å²) < 4.78 is 5.90. The lowest BCUT2D eigenvalue weighted by Crippen LogP contribution is -2.40. The zero-order chi connectivity index (χ0) is 18.2. The number of benzene rings is 1. The number of carbonyl (C=O) groups is 1. The van der Waals surface area contributed by atoms with Crippen molar-refractivity contribution in [3.63, 3.8) is 0 Å². The van der Waals surface area contributed by atoms with Gasteiger partial charge < -0.3 is 15.0 Å². The van der Waals surface area contributed by atoms with Gasteiger partial charge in [-0.25, -0.2) is 0 Å². The van der Waals surface area contributed by atoms with E-state index in [0.717, 1.165) is 31.2 Å². The molecule has 1 amide bonds. The van der Waals surface area contributed by atoms with E-state index in [4.69, 9.17) is 4.74 Å². The molecule has 140 valence electrons. The molecule has 1 aromatic rings. The van der Waals surface area contributed by atoms with E-state index in [1.165, 1.54) is 37.1 Å². The molecule has 0 radical (unpaired) electrons. The summed E-state index contributed by atoms with van der Waals surface area (Å²) in [5.41, 5.74) is 2.42. The number of hydrogen-bond acceptors (Lipinski definition) is 3. The highest BCUT2D eigenvalue weighted by molar-refractivity contribution is 5.81. The van der Waals surface area contributed by atoms with Gasteiger partial charge in [0.25, 0.3) is 5.91 Å². The Balaban J connectivity index is 1.71. The van der Waals surface area contributed by atoms with Crippen LogP contribution in [0.4, 0.5) is 0 Å². The largest absolute Gasteiger partial charge is 0.481 e. The van der Waals surface area contributed by atoms with Crippen molar-refractivity contribution in [1.82, 2.24) is 10.2 Å². The predicted octanol–water partition coefficient (Wildman–Crippen LogP) is 3.70. The lowest BCUT2D eigenvalue weighted by atomic mass is 9.99. The number of nitrogens with one attached hydrogen (secondary N) is 1. The molecule has 25 heavy (non-hydrogen) atoms. The maximum Gasteiger partial charge on any atom is 0.261 e.